The van der Waals surface area contributed by atoms with Gasteiger partial charge >= 0.3 is 0 Å². The highest BCUT2D eigenvalue weighted by atomic mass is 35.5. The fourth-order valence-corrected chi connectivity index (χ4v) is 1.57. The van der Waals surface area contributed by atoms with Gasteiger partial charge in [-0.2, -0.15) is 0 Å². The van der Waals surface area contributed by atoms with Crippen molar-refractivity contribution in [1.29, 1.82) is 0 Å². The van der Waals surface area contributed by atoms with Crippen LogP contribution in [0.1, 0.15) is 18.4 Å². The maximum Gasteiger partial charge on any atom is 0.276 e. The van der Waals surface area contributed by atoms with Crippen molar-refractivity contribution < 1.29 is 8.78 Å². The van der Waals surface area contributed by atoms with Crippen LogP contribution in [0.15, 0.2) is 24.3 Å². The molecule has 0 aliphatic heterocycles. The van der Waals surface area contributed by atoms with Gasteiger partial charge in [-0.05, 0) is 25.0 Å². The molecule has 0 aromatic heterocycles. The van der Waals surface area contributed by atoms with Crippen LogP contribution in [0.25, 0.3) is 0 Å². The Morgan fingerprint density at radius 1 is 1.31 bits per heavy atom. The Kier molecular flexibility index (Phi) is 2.03. The Labute approximate surface area is 80.5 Å². The third-order valence-corrected chi connectivity index (χ3v) is 2.53. The van der Waals surface area contributed by atoms with Gasteiger partial charge in [-0.3, -0.25) is 0 Å². The summed E-state index contributed by atoms with van der Waals surface area (Å²) in [4.78, 5) is 0. The molecule has 3 heteroatoms. The van der Waals surface area contributed by atoms with E-state index in [4.69, 9.17) is 11.6 Å². The van der Waals surface area contributed by atoms with Crippen LogP contribution < -0.4 is 0 Å². The Balaban J connectivity index is 2.33. The number of halogens is 3. The van der Waals surface area contributed by atoms with E-state index >= 15 is 0 Å². The lowest BCUT2D eigenvalue weighted by atomic mass is 10.0. The van der Waals surface area contributed by atoms with Crippen LogP contribution in [0.4, 0.5) is 8.78 Å². The zero-order chi connectivity index (χ0) is 9.47. The molecule has 13 heavy (non-hydrogen) atoms. The second kappa shape index (κ2) is 2.95. The first-order chi connectivity index (χ1) is 6.10. The quantitative estimate of drug-likeness (QED) is 0.684. The van der Waals surface area contributed by atoms with Crippen molar-refractivity contribution in [2.24, 2.45) is 5.92 Å². The smallest absolute Gasteiger partial charge is 0.201 e. The van der Waals surface area contributed by atoms with E-state index in [1.165, 1.54) is 12.1 Å². The molecule has 0 spiro atoms. The van der Waals surface area contributed by atoms with Gasteiger partial charge in [0.05, 0.1) is 0 Å². The van der Waals surface area contributed by atoms with Crippen molar-refractivity contribution in [3.63, 3.8) is 0 Å². The molecule has 0 N–H and O–H groups in total. The minimum atomic E-state index is -2.69. The van der Waals surface area contributed by atoms with Crippen molar-refractivity contribution in [3.8, 4) is 0 Å². The van der Waals surface area contributed by atoms with E-state index in [2.05, 4.69) is 0 Å². The molecule has 0 heterocycles. The molecule has 0 unspecified atom stereocenters. The first kappa shape index (κ1) is 8.95. The highest BCUT2D eigenvalue weighted by Gasteiger charge is 2.47. The summed E-state index contributed by atoms with van der Waals surface area (Å²) in [7, 11) is 0. The predicted molar refractivity (Wildman–Crippen MR) is 48.1 cm³/mol. The molecule has 1 aliphatic rings. The molecule has 1 aliphatic carbocycles. The molecule has 1 saturated carbocycles. The Morgan fingerprint density at radius 2 is 2.00 bits per heavy atom. The Bertz CT molecular complexity index is 318. The average molecular weight is 203 g/mol. The summed E-state index contributed by atoms with van der Waals surface area (Å²) >= 11 is 5.64. The summed E-state index contributed by atoms with van der Waals surface area (Å²) in [6.07, 6.45) is 1.25. The normalized spacial score (nSPS) is 17.5. The van der Waals surface area contributed by atoms with Gasteiger partial charge in [0.1, 0.15) is 0 Å². The molecule has 0 amide bonds. The molecule has 1 aromatic rings. The summed E-state index contributed by atoms with van der Waals surface area (Å²) in [6, 6.07) is 5.95. The summed E-state index contributed by atoms with van der Waals surface area (Å²) in [5, 5.41) is 0.373. The van der Waals surface area contributed by atoms with Crippen LogP contribution in [0.3, 0.4) is 0 Å². The van der Waals surface area contributed by atoms with E-state index in [0.717, 1.165) is 0 Å². The highest BCUT2D eigenvalue weighted by molar-refractivity contribution is 6.30. The molecular weight excluding hydrogens is 194 g/mol. The maximum absolute atomic E-state index is 13.5. The van der Waals surface area contributed by atoms with Gasteiger partial charge < -0.3 is 0 Å². The summed E-state index contributed by atoms with van der Waals surface area (Å²) in [6.45, 7) is 0. The lowest BCUT2D eigenvalue weighted by Gasteiger charge is -2.15. The molecular formula is C10H9ClF2. The third-order valence-electron chi connectivity index (χ3n) is 2.30. The van der Waals surface area contributed by atoms with Crippen LogP contribution in [-0.4, -0.2) is 0 Å². The molecule has 0 bridgehead atoms. The minimum Gasteiger partial charge on any atom is -0.201 e. The number of hydrogen-bond acceptors (Lipinski definition) is 0. The largest absolute Gasteiger partial charge is 0.276 e. The summed E-state index contributed by atoms with van der Waals surface area (Å²) in [5.41, 5.74) is 0.0440. The van der Waals surface area contributed by atoms with E-state index in [1.54, 1.807) is 12.1 Å². The van der Waals surface area contributed by atoms with Crippen LogP contribution in [-0.2, 0) is 5.92 Å². The predicted octanol–water partition coefficient (Wildman–Crippen LogP) is 3.84. The highest BCUT2D eigenvalue weighted by Crippen LogP contribution is 2.49. The van der Waals surface area contributed by atoms with Crippen LogP contribution >= 0.6 is 11.6 Å². The Morgan fingerprint density at radius 3 is 2.54 bits per heavy atom. The second-order valence-electron chi connectivity index (χ2n) is 3.41. The molecule has 0 atom stereocenters. The van der Waals surface area contributed by atoms with Crippen molar-refractivity contribution in [2.75, 3.05) is 0 Å². The maximum atomic E-state index is 13.5. The number of alkyl halides is 2. The van der Waals surface area contributed by atoms with Gasteiger partial charge in [0.25, 0.3) is 5.92 Å². The van der Waals surface area contributed by atoms with Crippen molar-refractivity contribution in [2.45, 2.75) is 18.8 Å². The molecule has 0 nitrogen and oxygen atoms in total. The standard InChI is InChI=1S/C10H9ClF2/c11-9-3-1-2-8(6-9)10(12,13)7-4-5-7/h1-3,6-7H,4-5H2. The topological polar surface area (TPSA) is 0 Å². The SMILES string of the molecule is FC(F)(c1cccc(Cl)c1)C1CC1. The third kappa shape index (κ3) is 1.68. The van der Waals surface area contributed by atoms with Crippen LogP contribution in [0.5, 0.6) is 0 Å². The van der Waals surface area contributed by atoms with E-state index in [9.17, 15) is 8.78 Å². The lowest BCUT2D eigenvalue weighted by molar-refractivity contribution is -0.0285. The average Bonchev–Trinajstić information content (AvgIpc) is 2.86. The first-order valence-corrected chi connectivity index (χ1v) is 4.62. The molecule has 70 valence electrons. The lowest BCUT2D eigenvalue weighted by Crippen LogP contribution is -2.15. The van der Waals surface area contributed by atoms with Gasteiger partial charge in [0, 0.05) is 16.5 Å². The van der Waals surface area contributed by atoms with Gasteiger partial charge in [0.15, 0.2) is 0 Å². The zero-order valence-corrected chi connectivity index (χ0v) is 7.69. The van der Waals surface area contributed by atoms with Crippen molar-refractivity contribution in [1.82, 2.24) is 0 Å². The second-order valence-corrected chi connectivity index (χ2v) is 3.84. The summed E-state index contributed by atoms with van der Waals surface area (Å²) in [5.74, 6) is -3.16. The van der Waals surface area contributed by atoms with Crippen molar-refractivity contribution >= 4 is 11.6 Å². The van der Waals surface area contributed by atoms with E-state index in [0.29, 0.717) is 17.9 Å². The number of hydrogen-bond donors (Lipinski definition) is 0. The van der Waals surface area contributed by atoms with Gasteiger partial charge in [-0.1, -0.05) is 23.7 Å². The monoisotopic (exact) mass is 202 g/mol. The van der Waals surface area contributed by atoms with Crippen molar-refractivity contribution in [3.05, 3.63) is 34.9 Å². The molecule has 0 radical (unpaired) electrons. The molecule has 0 saturated heterocycles. The fraction of sp³-hybridized carbons (Fsp3) is 0.400. The Hall–Kier alpha value is -0.630. The minimum absolute atomic E-state index is 0.0440. The molecule has 1 aromatic carbocycles. The van der Waals surface area contributed by atoms with Gasteiger partial charge in [0.2, 0.25) is 0 Å². The summed E-state index contributed by atoms with van der Waals surface area (Å²) < 4.78 is 26.9. The number of rotatable bonds is 2. The first-order valence-electron chi connectivity index (χ1n) is 4.24. The van der Waals surface area contributed by atoms with E-state index in [1.807, 2.05) is 0 Å². The van der Waals surface area contributed by atoms with Gasteiger partial charge in [-0.15, -0.1) is 0 Å². The van der Waals surface area contributed by atoms with Crippen LogP contribution in [0, 0.1) is 5.92 Å². The number of benzene rings is 1. The van der Waals surface area contributed by atoms with Crippen LogP contribution in [0.2, 0.25) is 5.02 Å². The fourth-order valence-electron chi connectivity index (χ4n) is 1.38. The van der Waals surface area contributed by atoms with E-state index in [-0.39, 0.29) is 5.56 Å². The van der Waals surface area contributed by atoms with E-state index < -0.39 is 11.8 Å². The molecule has 1 fully saturated rings. The zero-order valence-electron chi connectivity index (χ0n) is 6.93. The van der Waals surface area contributed by atoms with Gasteiger partial charge in [-0.25, -0.2) is 8.78 Å². The molecule has 2 rings (SSSR count).